The Balaban J connectivity index is 3.31. The van der Waals surface area contributed by atoms with Crippen molar-refractivity contribution in [1.29, 1.82) is 0 Å². The molecule has 0 heterocycles. The molecule has 5 N–H and O–H groups in total. The molecule has 0 bridgehead atoms. The van der Waals surface area contributed by atoms with Crippen molar-refractivity contribution < 1.29 is 9.90 Å². The number of carbonyl (C=O) groups excluding carboxylic acids is 1. The number of phenols is 1. The molecule has 11 heavy (non-hydrogen) atoms. The van der Waals surface area contributed by atoms with E-state index in [4.69, 9.17) is 16.6 Å². The average Bonchev–Trinajstić information content (AvgIpc) is 1.97. The van der Waals surface area contributed by atoms with E-state index in [1.54, 1.807) is 0 Å². The van der Waals surface area contributed by atoms with Gasteiger partial charge >= 0.3 is 0 Å². The number of nitrogens with two attached hydrogens (primary N) is 2. The van der Waals surface area contributed by atoms with E-state index in [1.165, 1.54) is 12.1 Å². The van der Waals surface area contributed by atoms with E-state index >= 15 is 0 Å². The lowest BCUT2D eigenvalue weighted by Gasteiger charge is -2.01. The third-order valence-electron chi connectivity index (χ3n) is 1.36. The lowest BCUT2D eigenvalue weighted by Crippen LogP contribution is -1.95. The van der Waals surface area contributed by atoms with Crippen LogP contribution in [0.4, 0.5) is 11.4 Å². The maximum atomic E-state index is 10.3. The van der Waals surface area contributed by atoms with Crippen molar-refractivity contribution in [2.24, 2.45) is 0 Å². The summed E-state index contributed by atoms with van der Waals surface area (Å²) in [5.41, 5.74) is 11.4. The molecule has 4 heteroatoms. The van der Waals surface area contributed by atoms with E-state index in [0.29, 0.717) is 6.29 Å². The Labute approximate surface area is 63.4 Å². The van der Waals surface area contributed by atoms with Crippen LogP contribution in [-0.4, -0.2) is 11.4 Å². The highest BCUT2D eigenvalue weighted by atomic mass is 16.3. The summed E-state index contributed by atoms with van der Waals surface area (Å²) in [7, 11) is 0. The largest absolute Gasteiger partial charge is 0.506 e. The van der Waals surface area contributed by atoms with Gasteiger partial charge in [-0.1, -0.05) is 0 Å². The molecule has 0 unspecified atom stereocenters. The van der Waals surface area contributed by atoms with Crippen LogP contribution in [0.5, 0.6) is 5.75 Å². The number of aldehydes is 1. The quantitative estimate of drug-likeness (QED) is 0.235. The Kier molecular flexibility index (Phi) is 1.68. The molecule has 1 aromatic carbocycles. The number of hydrogen-bond acceptors (Lipinski definition) is 4. The zero-order chi connectivity index (χ0) is 8.43. The zero-order valence-electron chi connectivity index (χ0n) is 5.74. The van der Waals surface area contributed by atoms with Crippen LogP contribution in [0.1, 0.15) is 10.4 Å². The molecular formula is C7H8N2O2. The van der Waals surface area contributed by atoms with Crippen molar-refractivity contribution >= 4 is 17.7 Å². The molecule has 0 spiro atoms. The molecule has 0 fully saturated rings. The van der Waals surface area contributed by atoms with Gasteiger partial charge in [0.1, 0.15) is 5.75 Å². The minimum atomic E-state index is -0.124. The van der Waals surface area contributed by atoms with Gasteiger partial charge in [0.05, 0.1) is 5.69 Å². The SMILES string of the molecule is Nc1cc(N)c(C=O)cc1O. The van der Waals surface area contributed by atoms with Gasteiger partial charge in [0.15, 0.2) is 6.29 Å². The fraction of sp³-hybridized carbons (Fsp3) is 0. The standard InChI is InChI=1S/C7H8N2O2/c8-5-2-6(9)7(11)1-4(5)3-10/h1-3,11H,8-9H2. The summed E-state index contributed by atoms with van der Waals surface area (Å²) in [4.78, 5) is 10.3. The minimum absolute atomic E-state index is 0.124. The molecule has 0 atom stereocenters. The van der Waals surface area contributed by atoms with Crippen molar-refractivity contribution in [2.75, 3.05) is 11.5 Å². The number of benzene rings is 1. The van der Waals surface area contributed by atoms with Crippen molar-refractivity contribution in [2.45, 2.75) is 0 Å². The highest BCUT2D eigenvalue weighted by molar-refractivity contribution is 5.86. The molecule has 4 nitrogen and oxygen atoms in total. The van der Waals surface area contributed by atoms with Gasteiger partial charge in [-0.25, -0.2) is 0 Å². The second kappa shape index (κ2) is 2.49. The second-order valence-electron chi connectivity index (χ2n) is 2.16. The molecule has 0 aliphatic carbocycles. The summed E-state index contributed by atoms with van der Waals surface area (Å²) in [6.07, 6.45) is 0.564. The van der Waals surface area contributed by atoms with Gasteiger partial charge in [-0.15, -0.1) is 0 Å². The maximum absolute atomic E-state index is 10.3. The molecule has 0 saturated heterocycles. The highest BCUT2D eigenvalue weighted by Crippen LogP contribution is 2.24. The predicted molar refractivity (Wildman–Crippen MR) is 42.3 cm³/mol. The summed E-state index contributed by atoms with van der Waals surface area (Å²) in [6.45, 7) is 0. The van der Waals surface area contributed by atoms with Crippen molar-refractivity contribution in [1.82, 2.24) is 0 Å². The second-order valence-corrected chi connectivity index (χ2v) is 2.16. The molecule has 1 rings (SSSR count). The van der Waals surface area contributed by atoms with Crippen molar-refractivity contribution in [3.8, 4) is 5.75 Å². The van der Waals surface area contributed by atoms with Crippen LogP contribution in [0.2, 0.25) is 0 Å². The third kappa shape index (κ3) is 1.24. The Morgan fingerprint density at radius 2 is 1.91 bits per heavy atom. The Morgan fingerprint density at radius 3 is 2.45 bits per heavy atom. The maximum Gasteiger partial charge on any atom is 0.152 e. The lowest BCUT2D eigenvalue weighted by atomic mass is 10.1. The highest BCUT2D eigenvalue weighted by Gasteiger charge is 2.02. The monoisotopic (exact) mass is 152 g/mol. The molecule has 0 aliphatic rings. The topological polar surface area (TPSA) is 89.3 Å². The number of rotatable bonds is 1. The first-order valence-corrected chi connectivity index (χ1v) is 2.98. The first kappa shape index (κ1) is 7.40. The molecule has 1 aromatic rings. The number of aromatic hydroxyl groups is 1. The molecule has 0 saturated carbocycles. The van der Waals surface area contributed by atoms with Crippen LogP contribution in [0.15, 0.2) is 12.1 Å². The molecule has 58 valence electrons. The number of nitrogen functional groups attached to an aromatic ring is 2. The molecule has 0 radical (unpaired) electrons. The molecule has 0 aliphatic heterocycles. The van der Waals surface area contributed by atoms with E-state index in [0.717, 1.165) is 0 Å². The fourth-order valence-electron chi connectivity index (χ4n) is 0.741. The zero-order valence-corrected chi connectivity index (χ0v) is 5.74. The van der Waals surface area contributed by atoms with Crippen molar-refractivity contribution in [3.05, 3.63) is 17.7 Å². The first-order chi connectivity index (χ1) is 5.15. The first-order valence-electron chi connectivity index (χ1n) is 2.98. The Morgan fingerprint density at radius 1 is 1.27 bits per heavy atom. The summed E-state index contributed by atoms with van der Waals surface area (Å²) in [5.74, 6) is -0.124. The third-order valence-corrected chi connectivity index (χ3v) is 1.36. The van der Waals surface area contributed by atoms with Gasteiger partial charge < -0.3 is 16.6 Å². The van der Waals surface area contributed by atoms with E-state index < -0.39 is 0 Å². The normalized spacial score (nSPS) is 9.45. The van der Waals surface area contributed by atoms with E-state index in [1.807, 2.05) is 0 Å². The molecule has 0 amide bonds. The average molecular weight is 152 g/mol. The van der Waals surface area contributed by atoms with Crippen LogP contribution in [0.25, 0.3) is 0 Å². The van der Waals surface area contributed by atoms with Gasteiger partial charge in [-0.05, 0) is 12.1 Å². The molecular weight excluding hydrogens is 144 g/mol. The summed E-state index contributed by atoms with van der Waals surface area (Å²) < 4.78 is 0. The van der Waals surface area contributed by atoms with Gasteiger partial charge in [-0.3, -0.25) is 4.79 Å². The van der Waals surface area contributed by atoms with Crippen LogP contribution in [0.3, 0.4) is 0 Å². The van der Waals surface area contributed by atoms with Gasteiger partial charge in [0.25, 0.3) is 0 Å². The minimum Gasteiger partial charge on any atom is -0.506 e. The number of anilines is 2. The Bertz CT molecular complexity index is 297. The van der Waals surface area contributed by atoms with Crippen LogP contribution >= 0.6 is 0 Å². The van der Waals surface area contributed by atoms with Crippen LogP contribution in [0, 0.1) is 0 Å². The van der Waals surface area contributed by atoms with E-state index in [2.05, 4.69) is 0 Å². The summed E-state index contributed by atoms with van der Waals surface area (Å²) in [6, 6.07) is 2.58. The summed E-state index contributed by atoms with van der Waals surface area (Å²) in [5, 5.41) is 9.02. The summed E-state index contributed by atoms with van der Waals surface area (Å²) >= 11 is 0. The smallest absolute Gasteiger partial charge is 0.152 e. The fourth-order valence-corrected chi connectivity index (χ4v) is 0.741. The number of carbonyl (C=O) groups is 1. The van der Waals surface area contributed by atoms with Gasteiger partial charge in [0, 0.05) is 11.3 Å². The van der Waals surface area contributed by atoms with Gasteiger partial charge in [0.2, 0.25) is 0 Å². The number of hydrogen-bond donors (Lipinski definition) is 3. The number of phenolic OH excluding ortho intramolecular Hbond substituents is 1. The predicted octanol–water partition coefficient (Wildman–Crippen LogP) is 0.369. The van der Waals surface area contributed by atoms with Crippen LogP contribution in [-0.2, 0) is 0 Å². The molecule has 0 aromatic heterocycles. The lowest BCUT2D eigenvalue weighted by molar-refractivity contribution is 0.112. The van der Waals surface area contributed by atoms with E-state index in [-0.39, 0.29) is 22.7 Å². The van der Waals surface area contributed by atoms with E-state index in [9.17, 15) is 4.79 Å². The Hall–Kier alpha value is -1.71. The van der Waals surface area contributed by atoms with Crippen LogP contribution < -0.4 is 11.5 Å². The van der Waals surface area contributed by atoms with Gasteiger partial charge in [-0.2, -0.15) is 0 Å². The van der Waals surface area contributed by atoms with Crippen molar-refractivity contribution in [3.63, 3.8) is 0 Å².